The van der Waals surface area contributed by atoms with Crippen LogP contribution in [-0.4, -0.2) is 79.4 Å². The number of carbonyl (C=O) groups excluding carboxylic acids is 3. The van der Waals surface area contributed by atoms with E-state index in [4.69, 9.17) is 0 Å². The van der Waals surface area contributed by atoms with Gasteiger partial charge in [0.25, 0.3) is 5.91 Å². The quantitative estimate of drug-likeness (QED) is 0.602. The Bertz CT molecular complexity index is 1170. The molecule has 2 aliphatic heterocycles. The van der Waals surface area contributed by atoms with Crippen LogP contribution in [0.3, 0.4) is 0 Å². The molecule has 1 atom stereocenters. The van der Waals surface area contributed by atoms with Gasteiger partial charge in [-0.1, -0.05) is 42.5 Å². The van der Waals surface area contributed by atoms with E-state index in [2.05, 4.69) is 10.2 Å². The molecular weight excluding hydrogens is 444 g/mol. The second-order valence-electron chi connectivity index (χ2n) is 8.33. The number of imide groups is 1. The van der Waals surface area contributed by atoms with Gasteiger partial charge in [0, 0.05) is 39.0 Å². The van der Waals surface area contributed by atoms with E-state index in [-0.39, 0.29) is 23.9 Å². The van der Waals surface area contributed by atoms with Crippen molar-refractivity contribution in [3.63, 3.8) is 0 Å². The Balaban J connectivity index is 1.34. The van der Waals surface area contributed by atoms with E-state index < -0.39 is 27.8 Å². The molecule has 9 nitrogen and oxygen atoms in total. The van der Waals surface area contributed by atoms with Crippen molar-refractivity contribution >= 4 is 27.7 Å². The number of fused-ring (bicyclic) bond motifs is 1. The zero-order valence-electron chi connectivity index (χ0n) is 18.3. The normalized spacial score (nSPS) is 19.0. The van der Waals surface area contributed by atoms with Gasteiger partial charge in [-0.25, -0.2) is 13.2 Å². The highest BCUT2D eigenvalue weighted by atomic mass is 32.2. The Labute approximate surface area is 192 Å². The van der Waals surface area contributed by atoms with Crippen molar-refractivity contribution in [2.45, 2.75) is 24.0 Å². The minimum absolute atomic E-state index is 0.0937. The van der Waals surface area contributed by atoms with E-state index in [1.54, 1.807) is 12.1 Å². The number of nitrogens with zero attached hydrogens (tertiary/aromatic N) is 3. The number of amides is 4. The maximum atomic E-state index is 12.9. The zero-order valence-corrected chi connectivity index (χ0v) is 19.1. The lowest BCUT2D eigenvalue weighted by Gasteiger charge is -2.35. The van der Waals surface area contributed by atoms with Crippen LogP contribution in [0.25, 0.3) is 0 Å². The smallest absolute Gasteiger partial charge is 0.328 e. The maximum absolute atomic E-state index is 12.9. The summed E-state index contributed by atoms with van der Waals surface area (Å²) in [5, 5.41) is 2.66. The fourth-order valence-electron chi connectivity index (χ4n) is 4.13. The Kier molecular flexibility index (Phi) is 6.48. The van der Waals surface area contributed by atoms with Gasteiger partial charge < -0.3 is 10.2 Å². The van der Waals surface area contributed by atoms with Crippen molar-refractivity contribution in [3.05, 3.63) is 65.7 Å². The molecule has 2 aromatic rings. The molecule has 174 valence electrons. The van der Waals surface area contributed by atoms with Crippen LogP contribution >= 0.6 is 0 Å². The van der Waals surface area contributed by atoms with Crippen molar-refractivity contribution in [3.8, 4) is 0 Å². The van der Waals surface area contributed by atoms with Crippen molar-refractivity contribution < 1.29 is 22.8 Å². The van der Waals surface area contributed by atoms with Crippen LogP contribution in [0.1, 0.15) is 11.1 Å². The highest BCUT2D eigenvalue weighted by molar-refractivity contribution is 7.90. The van der Waals surface area contributed by atoms with E-state index in [1.165, 1.54) is 17.0 Å². The molecule has 0 spiro atoms. The van der Waals surface area contributed by atoms with Crippen LogP contribution in [0.5, 0.6) is 0 Å². The molecule has 10 heteroatoms. The molecule has 1 unspecified atom stereocenters. The van der Waals surface area contributed by atoms with Gasteiger partial charge in [0.05, 0.1) is 4.90 Å². The summed E-state index contributed by atoms with van der Waals surface area (Å²) in [6.07, 6.45) is 1.12. The number of carbonyl (C=O) groups is 3. The third-order valence-corrected chi connectivity index (χ3v) is 6.97. The number of nitrogens with one attached hydrogen (secondary N) is 1. The average molecular weight is 471 g/mol. The first kappa shape index (κ1) is 22.9. The largest absolute Gasteiger partial charge is 0.350 e. The molecule has 4 rings (SSSR count). The van der Waals surface area contributed by atoms with Crippen molar-refractivity contribution in [1.29, 1.82) is 0 Å². The first-order valence-corrected chi connectivity index (χ1v) is 12.6. The summed E-state index contributed by atoms with van der Waals surface area (Å²) in [6.45, 7) is 1.93. The summed E-state index contributed by atoms with van der Waals surface area (Å²) in [4.78, 5) is 42.9. The van der Waals surface area contributed by atoms with Gasteiger partial charge in [-0.15, -0.1) is 0 Å². The second-order valence-corrected chi connectivity index (χ2v) is 10.3. The van der Waals surface area contributed by atoms with Gasteiger partial charge in [-0.3, -0.25) is 19.4 Å². The SMILES string of the molecule is CS(=O)(=O)c1cccc(CNC(=O)CN2C(=O)C3CN(Cc4ccccc4)CCN3C2=O)c1. The molecule has 4 amide bonds. The average Bonchev–Trinajstić information content (AvgIpc) is 3.02. The fourth-order valence-corrected chi connectivity index (χ4v) is 4.82. The van der Waals surface area contributed by atoms with Gasteiger partial charge in [-0.2, -0.15) is 0 Å². The minimum Gasteiger partial charge on any atom is -0.350 e. The summed E-state index contributed by atoms with van der Waals surface area (Å²) in [7, 11) is -3.35. The first-order valence-electron chi connectivity index (χ1n) is 10.7. The van der Waals surface area contributed by atoms with Gasteiger partial charge in [0.2, 0.25) is 5.91 Å². The second kappa shape index (κ2) is 9.32. The zero-order chi connectivity index (χ0) is 23.6. The van der Waals surface area contributed by atoms with Gasteiger partial charge in [0.15, 0.2) is 9.84 Å². The molecule has 0 radical (unpaired) electrons. The Morgan fingerprint density at radius 3 is 2.48 bits per heavy atom. The summed E-state index contributed by atoms with van der Waals surface area (Å²) in [5.41, 5.74) is 1.75. The van der Waals surface area contributed by atoms with Gasteiger partial charge in [0.1, 0.15) is 12.6 Å². The molecule has 0 bridgehead atoms. The lowest BCUT2D eigenvalue weighted by atomic mass is 10.1. The predicted molar refractivity (Wildman–Crippen MR) is 121 cm³/mol. The molecule has 2 aromatic carbocycles. The number of rotatable bonds is 7. The van der Waals surface area contributed by atoms with Gasteiger partial charge >= 0.3 is 6.03 Å². The molecule has 2 fully saturated rings. The molecule has 2 heterocycles. The number of urea groups is 1. The summed E-state index contributed by atoms with van der Waals surface area (Å²) >= 11 is 0. The van der Waals surface area contributed by atoms with Gasteiger partial charge in [-0.05, 0) is 23.3 Å². The number of piperazine rings is 1. The van der Waals surface area contributed by atoms with Crippen molar-refractivity contribution in [2.24, 2.45) is 0 Å². The standard InChI is InChI=1S/C23H26N4O5S/c1-33(31,32)19-9-5-8-18(12-19)13-24-21(28)16-27-22(29)20-15-25(10-11-26(20)23(27)30)14-17-6-3-2-4-7-17/h2-9,12,20H,10-11,13-16H2,1H3,(H,24,28). The topological polar surface area (TPSA) is 107 Å². The minimum atomic E-state index is -3.35. The van der Waals surface area contributed by atoms with Crippen molar-refractivity contribution in [2.75, 3.05) is 32.4 Å². The third kappa shape index (κ3) is 5.23. The van der Waals surface area contributed by atoms with Crippen LogP contribution < -0.4 is 5.32 Å². The van der Waals surface area contributed by atoms with Crippen LogP contribution in [0.15, 0.2) is 59.5 Å². The number of hydrogen-bond acceptors (Lipinski definition) is 6. The van der Waals surface area contributed by atoms with Crippen molar-refractivity contribution in [1.82, 2.24) is 20.0 Å². The number of benzene rings is 2. The van der Waals surface area contributed by atoms with E-state index in [0.717, 1.165) is 16.7 Å². The van der Waals surface area contributed by atoms with E-state index >= 15 is 0 Å². The summed E-state index contributed by atoms with van der Waals surface area (Å²) < 4.78 is 23.4. The first-order chi connectivity index (χ1) is 15.7. The summed E-state index contributed by atoms with van der Waals surface area (Å²) in [6, 6.07) is 15.2. The van der Waals surface area contributed by atoms with Crippen LogP contribution in [-0.2, 0) is 32.5 Å². The Morgan fingerprint density at radius 2 is 1.76 bits per heavy atom. The van der Waals surface area contributed by atoms with E-state index in [0.29, 0.717) is 31.7 Å². The van der Waals surface area contributed by atoms with E-state index in [9.17, 15) is 22.8 Å². The molecule has 0 aromatic heterocycles. The molecule has 0 aliphatic carbocycles. The van der Waals surface area contributed by atoms with Crippen LogP contribution in [0.4, 0.5) is 4.79 Å². The third-order valence-electron chi connectivity index (χ3n) is 5.86. The fraction of sp³-hybridized carbons (Fsp3) is 0.348. The number of hydrogen-bond donors (Lipinski definition) is 1. The maximum Gasteiger partial charge on any atom is 0.328 e. The highest BCUT2D eigenvalue weighted by Gasteiger charge is 2.48. The highest BCUT2D eigenvalue weighted by Crippen LogP contribution is 2.23. The van der Waals surface area contributed by atoms with Crippen LogP contribution in [0.2, 0.25) is 0 Å². The lowest BCUT2D eigenvalue weighted by Crippen LogP contribution is -2.52. The molecule has 0 saturated carbocycles. The Morgan fingerprint density at radius 1 is 1.03 bits per heavy atom. The molecule has 1 N–H and O–H groups in total. The molecule has 33 heavy (non-hydrogen) atoms. The molecule has 2 aliphatic rings. The van der Waals surface area contributed by atoms with E-state index in [1.807, 2.05) is 30.3 Å². The van der Waals surface area contributed by atoms with Crippen LogP contribution in [0, 0.1) is 0 Å². The lowest BCUT2D eigenvalue weighted by molar-refractivity contribution is -0.133. The Hall–Kier alpha value is -3.24. The monoisotopic (exact) mass is 470 g/mol. The molecule has 2 saturated heterocycles. The molecular formula is C23H26N4O5S. The predicted octanol–water partition coefficient (Wildman–Crippen LogP) is 0.855. The number of sulfone groups is 1. The summed E-state index contributed by atoms with van der Waals surface area (Å²) in [5.74, 6) is -0.852.